The van der Waals surface area contributed by atoms with Crippen molar-refractivity contribution in [3.05, 3.63) is 100 Å². The van der Waals surface area contributed by atoms with E-state index < -0.39 is 4.92 Å². The first-order valence-electron chi connectivity index (χ1n) is 10.6. The summed E-state index contributed by atoms with van der Waals surface area (Å²) in [5.74, 6) is 0.767. The number of nitro benzene ring substituents is 1. The number of rotatable bonds is 6. The number of aromatic nitrogens is 3. The maximum atomic E-state index is 13.2. The van der Waals surface area contributed by atoms with Crippen LogP contribution >= 0.6 is 0 Å². The number of amides is 1. The van der Waals surface area contributed by atoms with Gasteiger partial charge in [0.25, 0.3) is 11.6 Å². The van der Waals surface area contributed by atoms with Gasteiger partial charge in [-0.15, -0.1) is 0 Å². The fourth-order valence-electron chi connectivity index (χ4n) is 3.81. The first-order valence-corrected chi connectivity index (χ1v) is 10.6. The summed E-state index contributed by atoms with van der Waals surface area (Å²) in [5, 5.41) is 21.3. The number of nitrogens with zero attached hydrogens (tertiary/aromatic N) is 6. The molecule has 0 fully saturated rings. The molecule has 1 unspecified atom stereocenters. The second-order valence-electron chi connectivity index (χ2n) is 7.96. The van der Waals surface area contributed by atoms with E-state index in [2.05, 4.69) is 15.2 Å². The van der Waals surface area contributed by atoms with E-state index in [1.807, 2.05) is 37.3 Å². The van der Waals surface area contributed by atoms with Crippen molar-refractivity contribution in [2.24, 2.45) is 5.10 Å². The number of hydrazone groups is 1. The lowest BCUT2D eigenvalue weighted by atomic mass is 10.0. The van der Waals surface area contributed by atoms with Crippen LogP contribution in [0.4, 0.5) is 5.69 Å². The minimum absolute atomic E-state index is 0.0152. The van der Waals surface area contributed by atoms with Crippen molar-refractivity contribution in [1.82, 2.24) is 19.8 Å². The fraction of sp³-hybridized carbons (Fsp3) is 0.167. The highest BCUT2D eigenvalue weighted by Crippen LogP contribution is 2.33. The van der Waals surface area contributed by atoms with Crippen LogP contribution in [-0.4, -0.2) is 36.3 Å². The van der Waals surface area contributed by atoms with E-state index >= 15 is 0 Å². The summed E-state index contributed by atoms with van der Waals surface area (Å²) in [4.78, 5) is 27.9. The maximum Gasteiger partial charge on any atom is 0.269 e. The van der Waals surface area contributed by atoms with Gasteiger partial charge in [-0.05, 0) is 36.8 Å². The molecule has 10 heteroatoms. The number of benzene rings is 2. The van der Waals surface area contributed by atoms with E-state index in [0.717, 1.165) is 16.8 Å². The van der Waals surface area contributed by atoms with E-state index in [1.165, 1.54) is 28.2 Å². The van der Waals surface area contributed by atoms with Crippen LogP contribution in [0.25, 0.3) is 11.4 Å². The quantitative estimate of drug-likeness (QED) is 0.318. The molecule has 1 aliphatic heterocycles. The molecule has 5 rings (SSSR count). The predicted molar refractivity (Wildman–Crippen MR) is 123 cm³/mol. The van der Waals surface area contributed by atoms with Gasteiger partial charge in [0.05, 0.1) is 16.9 Å². The van der Waals surface area contributed by atoms with Gasteiger partial charge < -0.3 is 4.42 Å². The van der Waals surface area contributed by atoms with Gasteiger partial charge in [-0.25, -0.2) is 14.7 Å². The average Bonchev–Trinajstić information content (AvgIpc) is 3.60. The van der Waals surface area contributed by atoms with Gasteiger partial charge in [0.2, 0.25) is 0 Å². The van der Waals surface area contributed by atoms with Crippen LogP contribution in [0, 0.1) is 17.0 Å². The number of carbonyl (C=O) groups is 1. The largest absolute Gasteiger partial charge is 0.467 e. The molecular formula is C24H20N6O4. The Bertz CT molecular complexity index is 1360. The minimum Gasteiger partial charge on any atom is -0.467 e. The summed E-state index contributed by atoms with van der Waals surface area (Å²) < 4.78 is 7.02. The molecule has 0 aliphatic carbocycles. The molecule has 2 aromatic heterocycles. The smallest absolute Gasteiger partial charge is 0.269 e. The molecule has 3 heterocycles. The third-order valence-electron chi connectivity index (χ3n) is 5.59. The molecule has 0 saturated carbocycles. The van der Waals surface area contributed by atoms with Crippen LogP contribution in [-0.2, 0) is 11.3 Å². The molecule has 0 N–H and O–H groups in total. The highest BCUT2D eigenvalue weighted by atomic mass is 16.6. The Labute approximate surface area is 194 Å². The lowest BCUT2D eigenvalue weighted by Gasteiger charge is -2.19. The Morgan fingerprint density at radius 2 is 1.85 bits per heavy atom. The van der Waals surface area contributed by atoms with Gasteiger partial charge in [-0.3, -0.25) is 14.9 Å². The number of furan rings is 1. The van der Waals surface area contributed by atoms with Gasteiger partial charge in [-0.1, -0.05) is 29.8 Å². The Morgan fingerprint density at radius 1 is 1.12 bits per heavy atom. The molecule has 1 amide bonds. The lowest BCUT2D eigenvalue weighted by molar-refractivity contribution is -0.384. The second-order valence-corrected chi connectivity index (χ2v) is 7.96. The van der Waals surface area contributed by atoms with Crippen molar-refractivity contribution in [1.29, 1.82) is 0 Å². The number of carbonyl (C=O) groups excluding carboxylic acids is 1. The van der Waals surface area contributed by atoms with E-state index in [0.29, 0.717) is 23.6 Å². The summed E-state index contributed by atoms with van der Waals surface area (Å²) in [6.07, 6.45) is 3.57. The number of aryl methyl sites for hydroxylation is 1. The molecule has 0 saturated heterocycles. The maximum absolute atomic E-state index is 13.2. The Morgan fingerprint density at radius 3 is 2.53 bits per heavy atom. The van der Waals surface area contributed by atoms with Crippen molar-refractivity contribution in [3.8, 4) is 11.4 Å². The molecular weight excluding hydrogens is 436 g/mol. The van der Waals surface area contributed by atoms with E-state index in [9.17, 15) is 14.9 Å². The van der Waals surface area contributed by atoms with Gasteiger partial charge in [0.15, 0.2) is 5.82 Å². The monoisotopic (exact) mass is 456 g/mol. The van der Waals surface area contributed by atoms with E-state index in [4.69, 9.17) is 4.42 Å². The van der Waals surface area contributed by atoms with Crippen LogP contribution in [0.15, 0.2) is 82.8 Å². The van der Waals surface area contributed by atoms with Crippen LogP contribution < -0.4 is 0 Å². The van der Waals surface area contributed by atoms with Gasteiger partial charge in [-0.2, -0.15) is 10.2 Å². The highest BCUT2D eigenvalue weighted by molar-refractivity contribution is 6.03. The van der Waals surface area contributed by atoms with Gasteiger partial charge >= 0.3 is 0 Å². The molecule has 2 aromatic carbocycles. The zero-order valence-electron chi connectivity index (χ0n) is 18.2. The average molecular weight is 456 g/mol. The van der Waals surface area contributed by atoms with Crippen molar-refractivity contribution in [2.75, 3.05) is 0 Å². The standard InChI is InChI=1S/C24H20N6O4/c1-16-4-6-17(7-5-16)20-13-21(22-3-2-12-34-22)29(26-20)23(31)14-28-15-25-24(27-28)18-8-10-19(11-9-18)30(32)33/h2-12,15,21H,13-14H2,1H3. The SMILES string of the molecule is Cc1ccc(C2=NN(C(=O)Cn3cnc(-c4ccc([N+](=O)[O-])cc4)n3)C(c3ccco3)C2)cc1. The van der Waals surface area contributed by atoms with Crippen molar-refractivity contribution >= 4 is 17.3 Å². The first-order chi connectivity index (χ1) is 16.5. The summed E-state index contributed by atoms with van der Waals surface area (Å²) in [7, 11) is 0. The Hall–Kier alpha value is -4.60. The third-order valence-corrected chi connectivity index (χ3v) is 5.59. The fourth-order valence-corrected chi connectivity index (χ4v) is 3.81. The zero-order chi connectivity index (χ0) is 23.7. The number of nitro groups is 1. The number of hydrogen-bond donors (Lipinski definition) is 0. The first kappa shape index (κ1) is 21.3. The summed E-state index contributed by atoms with van der Waals surface area (Å²) in [6.45, 7) is 1.95. The van der Waals surface area contributed by atoms with E-state index in [1.54, 1.807) is 24.5 Å². The Balaban J connectivity index is 1.37. The highest BCUT2D eigenvalue weighted by Gasteiger charge is 2.35. The Kier molecular flexibility index (Phi) is 5.46. The summed E-state index contributed by atoms with van der Waals surface area (Å²) >= 11 is 0. The van der Waals surface area contributed by atoms with E-state index in [-0.39, 0.29) is 24.2 Å². The molecule has 0 bridgehead atoms. The zero-order valence-corrected chi connectivity index (χ0v) is 18.2. The topological polar surface area (TPSA) is 120 Å². The lowest BCUT2D eigenvalue weighted by Crippen LogP contribution is -2.30. The molecule has 10 nitrogen and oxygen atoms in total. The van der Waals surface area contributed by atoms with Crippen molar-refractivity contribution in [2.45, 2.75) is 25.9 Å². The molecule has 34 heavy (non-hydrogen) atoms. The predicted octanol–water partition coefficient (Wildman–Crippen LogP) is 4.13. The molecule has 4 aromatic rings. The van der Waals surface area contributed by atoms with Crippen LogP contribution in [0.2, 0.25) is 0 Å². The van der Waals surface area contributed by atoms with Gasteiger partial charge in [0.1, 0.15) is 24.7 Å². The van der Waals surface area contributed by atoms with Gasteiger partial charge in [0, 0.05) is 24.1 Å². The molecule has 1 aliphatic rings. The van der Waals surface area contributed by atoms with Crippen molar-refractivity contribution in [3.63, 3.8) is 0 Å². The molecule has 0 radical (unpaired) electrons. The second kappa shape index (κ2) is 8.74. The number of hydrogen-bond acceptors (Lipinski definition) is 7. The molecule has 1 atom stereocenters. The normalized spacial score (nSPS) is 15.4. The summed E-state index contributed by atoms with van der Waals surface area (Å²) in [5.41, 5.74) is 3.51. The van der Waals surface area contributed by atoms with Crippen LogP contribution in [0.1, 0.15) is 29.3 Å². The minimum atomic E-state index is -0.467. The molecule has 0 spiro atoms. The van der Waals surface area contributed by atoms with Crippen molar-refractivity contribution < 1.29 is 14.1 Å². The van der Waals surface area contributed by atoms with Crippen LogP contribution in [0.5, 0.6) is 0 Å². The third kappa shape index (κ3) is 4.20. The van der Waals surface area contributed by atoms with Crippen LogP contribution in [0.3, 0.4) is 0 Å². The number of non-ortho nitro benzene ring substituents is 1. The summed E-state index contributed by atoms with van der Waals surface area (Å²) in [6, 6.07) is 17.2. The molecule has 170 valence electrons.